The molecule has 0 radical (unpaired) electrons. The second kappa shape index (κ2) is 7.14. The van der Waals surface area contributed by atoms with Crippen LogP contribution in [-0.4, -0.2) is 46.2 Å². The number of carbonyl (C=O) groups is 2. The van der Waals surface area contributed by atoms with Gasteiger partial charge in [0.2, 0.25) is 11.8 Å². The summed E-state index contributed by atoms with van der Waals surface area (Å²) >= 11 is 0. The van der Waals surface area contributed by atoms with Crippen LogP contribution in [0.2, 0.25) is 0 Å². The number of para-hydroxylation sites is 1. The summed E-state index contributed by atoms with van der Waals surface area (Å²) in [6.45, 7) is 2.09. The molecule has 2 aromatic rings. The van der Waals surface area contributed by atoms with Crippen molar-refractivity contribution in [3.05, 3.63) is 88.2 Å². The van der Waals surface area contributed by atoms with E-state index in [-0.39, 0.29) is 25.8 Å². The lowest BCUT2D eigenvalue weighted by molar-refractivity contribution is -0.158. The molecule has 0 saturated carbocycles. The molecule has 1 aliphatic carbocycles. The number of piperazine rings is 1. The first kappa shape index (κ1) is 20.2. The van der Waals surface area contributed by atoms with Crippen molar-refractivity contribution in [2.24, 2.45) is 0 Å². The molecule has 4 aliphatic rings. The van der Waals surface area contributed by atoms with Crippen LogP contribution in [0.3, 0.4) is 0 Å². The molecule has 6 heteroatoms. The molecule has 1 aromatic heterocycles. The van der Waals surface area contributed by atoms with Gasteiger partial charge in [0.25, 0.3) is 0 Å². The maximum atomic E-state index is 13.2. The number of rotatable bonds is 1. The summed E-state index contributed by atoms with van der Waals surface area (Å²) in [6, 6.07) is 7.01. The predicted octanol–water partition coefficient (Wildman–Crippen LogP) is 3.91. The number of ether oxygens (including phenoxy) is 1. The van der Waals surface area contributed by atoms with Crippen LogP contribution in [0, 0.1) is 0 Å². The summed E-state index contributed by atoms with van der Waals surface area (Å²) in [6.07, 6.45) is 8.25. The summed E-state index contributed by atoms with van der Waals surface area (Å²) in [5.74, 6) is 1.12. The first-order chi connectivity index (χ1) is 15.0. The highest BCUT2D eigenvalue weighted by Gasteiger charge is 2.49. The third-order valence-corrected chi connectivity index (χ3v) is 6.51. The van der Waals surface area contributed by atoms with E-state index >= 15 is 0 Å². The second-order valence-corrected chi connectivity index (χ2v) is 8.44. The van der Waals surface area contributed by atoms with Gasteiger partial charge in [0, 0.05) is 29.9 Å². The first-order valence-corrected chi connectivity index (χ1v) is 10.4. The van der Waals surface area contributed by atoms with Crippen molar-refractivity contribution in [3.63, 3.8) is 0 Å². The Balaban J connectivity index is 0.00000216. The Kier molecular flexibility index (Phi) is 4.50. The second-order valence-electron chi connectivity index (χ2n) is 8.44. The van der Waals surface area contributed by atoms with Gasteiger partial charge in [-0.05, 0) is 36.3 Å². The van der Waals surface area contributed by atoms with Crippen LogP contribution in [0.1, 0.15) is 31.6 Å². The van der Waals surface area contributed by atoms with Gasteiger partial charge >= 0.3 is 0 Å². The van der Waals surface area contributed by atoms with Crippen molar-refractivity contribution in [2.75, 3.05) is 13.6 Å². The minimum absolute atomic E-state index is 0. The Morgan fingerprint density at radius 3 is 2.88 bits per heavy atom. The molecule has 1 saturated heterocycles. The van der Waals surface area contributed by atoms with E-state index < -0.39 is 12.1 Å². The fourth-order valence-corrected chi connectivity index (χ4v) is 4.99. The van der Waals surface area contributed by atoms with Gasteiger partial charge < -0.3 is 19.5 Å². The number of aromatic nitrogens is 1. The van der Waals surface area contributed by atoms with Gasteiger partial charge in [-0.25, -0.2) is 0 Å². The Hall–Kier alpha value is -3.76. The number of hydrogen-bond acceptors (Lipinski definition) is 3. The lowest BCUT2D eigenvalue weighted by Crippen LogP contribution is -2.62. The van der Waals surface area contributed by atoms with E-state index in [1.54, 1.807) is 11.9 Å². The molecule has 6 rings (SSSR count). The average molecular weight is 428 g/mol. The van der Waals surface area contributed by atoms with Gasteiger partial charge in [0.1, 0.15) is 17.8 Å². The van der Waals surface area contributed by atoms with E-state index in [9.17, 15) is 9.59 Å². The number of nitrogens with zero attached hydrogens (tertiary/aromatic N) is 2. The Bertz CT molecular complexity index is 1330. The number of likely N-dealkylation sites (N-methyl/N-ethyl adjacent to an activating group) is 1. The molecule has 0 spiro atoms. The number of benzene rings is 1. The molecule has 162 valence electrons. The number of hydrogen-bond donors (Lipinski definition) is 1. The van der Waals surface area contributed by atoms with Crippen molar-refractivity contribution in [1.82, 2.24) is 14.8 Å². The SMILES string of the molecule is C.CC1=CC=CC2=C=C1C=C([C@H]1c3[nH]c4ccccc4c3C[C@H]3C(=O)N(C)CC(=O)N31)O2. The van der Waals surface area contributed by atoms with E-state index in [1.807, 2.05) is 49.4 Å². The van der Waals surface area contributed by atoms with E-state index in [2.05, 4.69) is 16.8 Å². The quantitative estimate of drug-likeness (QED) is 0.702. The molecular formula is C26H25N3O3. The highest BCUT2D eigenvalue weighted by atomic mass is 16.5. The van der Waals surface area contributed by atoms with E-state index in [0.717, 1.165) is 33.3 Å². The van der Waals surface area contributed by atoms with Crippen LogP contribution in [0.5, 0.6) is 0 Å². The summed E-state index contributed by atoms with van der Waals surface area (Å²) in [7, 11) is 1.69. The molecule has 2 amide bonds. The standard InChI is InChI=1S/C25H21N3O3.CH4/c1-14-6-5-7-16-10-15(14)11-21(31-16)24-23-18(17-8-3-4-9-19(17)26-23)12-20-25(30)27(2)13-22(29)28(20)24;/h3-9,11,20,24,26H,12-13H2,1-2H3;1H4/t20-,24-;/m0./s1. The third-order valence-electron chi connectivity index (χ3n) is 6.51. The molecule has 4 heterocycles. The van der Waals surface area contributed by atoms with Crippen LogP contribution < -0.4 is 0 Å². The molecule has 1 N–H and O–H groups in total. The Morgan fingerprint density at radius 1 is 1.22 bits per heavy atom. The van der Waals surface area contributed by atoms with Crippen molar-refractivity contribution in [2.45, 2.75) is 32.9 Å². The highest BCUT2D eigenvalue weighted by Crippen LogP contribution is 2.44. The summed E-state index contributed by atoms with van der Waals surface area (Å²) < 4.78 is 6.22. The zero-order chi connectivity index (χ0) is 21.3. The van der Waals surface area contributed by atoms with E-state index in [0.29, 0.717) is 17.9 Å². The van der Waals surface area contributed by atoms with Crippen LogP contribution >= 0.6 is 0 Å². The lowest BCUT2D eigenvalue weighted by atomic mass is 9.87. The number of amides is 2. The van der Waals surface area contributed by atoms with Crippen LogP contribution in [0.25, 0.3) is 10.9 Å². The molecule has 1 aromatic carbocycles. The van der Waals surface area contributed by atoms with E-state index in [4.69, 9.17) is 4.74 Å². The molecule has 2 bridgehead atoms. The van der Waals surface area contributed by atoms with Gasteiger partial charge in [-0.15, -0.1) is 0 Å². The monoisotopic (exact) mass is 427 g/mol. The number of allylic oxidation sites excluding steroid dienone is 5. The molecule has 2 atom stereocenters. The zero-order valence-corrected chi connectivity index (χ0v) is 17.3. The molecule has 1 fully saturated rings. The zero-order valence-electron chi connectivity index (χ0n) is 17.3. The van der Waals surface area contributed by atoms with Crippen LogP contribution in [0.4, 0.5) is 0 Å². The van der Waals surface area contributed by atoms with Crippen molar-refractivity contribution < 1.29 is 14.3 Å². The van der Waals surface area contributed by atoms with Crippen LogP contribution in [0.15, 0.2) is 77.0 Å². The van der Waals surface area contributed by atoms with E-state index in [1.165, 1.54) is 4.90 Å². The largest absolute Gasteiger partial charge is 0.451 e. The smallest absolute Gasteiger partial charge is 0.245 e. The number of carbonyl (C=O) groups excluding carboxylic acids is 2. The van der Waals surface area contributed by atoms with Crippen molar-refractivity contribution in [3.8, 4) is 0 Å². The lowest BCUT2D eigenvalue weighted by Gasteiger charge is -2.46. The van der Waals surface area contributed by atoms with Gasteiger partial charge in [-0.2, -0.15) is 0 Å². The summed E-state index contributed by atoms with van der Waals surface area (Å²) in [4.78, 5) is 33.1. The average Bonchev–Trinajstić information content (AvgIpc) is 3.08. The normalized spacial score (nSPS) is 23.8. The fraction of sp³-hybridized carbons (Fsp3) is 0.269. The fourth-order valence-electron chi connectivity index (χ4n) is 4.99. The molecule has 32 heavy (non-hydrogen) atoms. The number of aromatic amines is 1. The maximum Gasteiger partial charge on any atom is 0.245 e. The summed E-state index contributed by atoms with van der Waals surface area (Å²) in [5, 5.41) is 1.08. The van der Waals surface area contributed by atoms with Gasteiger partial charge in [0.15, 0.2) is 5.76 Å². The summed E-state index contributed by atoms with van der Waals surface area (Å²) in [5.41, 5.74) is 8.25. The van der Waals surface area contributed by atoms with Crippen molar-refractivity contribution >= 4 is 22.7 Å². The minimum Gasteiger partial charge on any atom is -0.451 e. The van der Waals surface area contributed by atoms with Crippen molar-refractivity contribution in [1.29, 1.82) is 0 Å². The number of nitrogens with one attached hydrogen (secondary N) is 1. The molecule has 6 nitrogen and oxygen atoms in total. The Morgan fingerprint density at radius 2 is 2.03 bits per heavy atom. The predicted molar refractivity (Wildman–Crippen MR) is 122 cm³/mol. The molecular weight excluding hydrogens is 402 g/mol. The van der Waals surface area contributed by atoms with Gasteiger partial charge in [-0.1, -0.05) is 43.5 Å². The topological polar surface area (TPSA) is 65.6 Å². The molecule has 0 unspecified atom stereocenters. The minimum atomic E-state index is -0.549. The Labute approximate surface area is 186 Å². The maximum absolute atomic E-state index is 13.2. The van der Waals surface area contributed by atoms with Crippen LogP contribution in [-0.2, 0) is 20.7 Å². The number of H-pyrrole nitrogens is 1. The number of fused-ring (bicyclic) bond motifs is 4. The first-order valence-electron chi connectivity index (χ1n) is 10.4. The van der Waals surface area contributed by atoms with Gasteiger partial charge in [-0.3, -0.25) is 9.59 Å². The third kappa shape index (κ3) is 2.80. The molecule has 3 aliphatic heterocycles. The highest BCUT2D eigenvalue weighted by molar-refractivity contribution is 5.97. The van der Waals surface area contributed by atoms with Gasteiger partial charge in [0.05, 0.1) is 12.2 Å².